The van der Waals surface area contributed by atoms with Gasteiger partial charge < -0.3 is 5.32 Å². The van der Waals surface area contributed by atoms with E-state index in [-0.39, 0.29) is 0 Å². The van der Waals surface area contributed by atoms with Gasteiger partial charge in [0, 0.05) is 18.9 Å². The Morgan fingerprint density at radius 3 is 3.00 bits per heavy atom. The van der Waals surface area contributed by atoms with Crippen LogP contribution in [0.5, 0.6) is 0 Å². The third-order valence-corrected chi connectivity index (χ3v) is 3.13. The van der Waals surface area contributed by atoms with Crippen molar-refractivity contribution in [2.24, 2.45) is 0 Å². The van der Waals surface area contributed by atoms with Gasteiger partial charge in [0.2, 0.25) is 5.13 Å². The lowest BCUT2D eigenvalue weighted by Crippen LogP contribution is -2.04. The molecule has 2 heterocycles. The number of pyridine rings is 1. The van der Waals surface area contributed by atoms with E-state index in [1.807, 2.05) is 12.3 Å². The highest BCUT2D eigenvalue weighted by Gasteiger charge is 1.99. The van der Waals surface area contributed by atoms with E-state index in [4.69, 9.17) is 0 Å². The lowest BCUT2D eigenvalue weighted by atomic mass is 10.2. The van der Waals surface area contributed by atoms with E-state index < -0.39 is 0 Å². The van der Waals surface area contributed by atoms with Gasteiger partial charge in [-0.1, -0.05) is 17.4 Å². The molecule has 15 heavy (non-hydrogen) atoms. The molecule has 0 atom stereocenters. The highest BCUT2D eigenvalue weighted by molar-refractivity contribution is 9.11. The molecule has 6 heteroatoms. The zero-order valence-electron chi connectivity index (χ0n) is 7.85. The van der Waals surface area contributed by atoms with Crippen LogP contribution in [0.2, 0.25) is 0 Å². The van der Waals surface area contributed by atoms with Crippen LogP contribution in [0.3, 0.4) is 0 Å². The van der Waals surface area contributed by atoms with E-state index >= 15 is 0 Å². The molecule has 1 N–H and O–H groups in total. The Morgan fingerprint density at radius 1 is 1.40 bits per heavy atom. The Morgan fingerprint density at radius 2 is 2.33 bits per heavy atom. The number of halogens is 1. The van der Waals surface area contributed by atoms with Gasteiger partial charge in [0.25, 0.3) is 0 Å². The van der Waals surface area contributed by atoms with Gasteiger partial charge >= 0.3 is 0 Å². The van der Waals surface area contributed by atoms with Gasteiger partial charge in [0.1, 0.15) is 0 Å². The first kappa shape index (κ1) is 10.5. The molecular formula is C9H9BrN4S. The van der Waals surface area contributed by atoms with Crippen molar-refractivity contribution in [3.8, 4) is 0 Å². The second kappa shape index (κ2) is 5.18. The highest BCUT2D eigenvalue weighted by atomic mass is 79.9. The molecule has 0 aliphatic rings. The van der Waals surface area contributed by atoms with Crippen LogP contribution >= 0.6 is 27.3 Å². The first-order chi connectivity index (χ1) is 7.34. The summed E-state index contributed by atoms with van der Waals surface area (Å²) in [6.45, 7) is 0.841. The van der Waals surface area contributed by atoms with Crippen LogP contribution in [0, 0.1) is 0 Å². The molecule has 0 radical (unpaired) electrons. The van der Waals surface area contributed by atoms with Crippen LogP contribution in [0.15, 0.2) is 28.4 Å². The van der Waals surface area contributed by atoms with Crippen LogP contribution in [-0.2, 0) is 6.42 Å². The van der Waals surface area contributed by atoms with Crippen LogP contribution in [0.4, 0.5) is 5.13 Å². The summed E-state index contributed by atoms with van der Waals surface area (Å²) in [5.41, 5.74) is 1.22. The molecule has 2 aromatic rings. The lowest BCUT2D eigenvalue weighted by Gasteiger charge is -2.01. The van der Waals surface area contributed by atoms with Gasteiger partial charge in [0.05, 0.1) is 0 Å². The summed E-state index contributed by atoms with van der Waals surface area (Å²) >= 11 is 4.75. The minimum absolute atomic E-state index is 0.798. The number of aromatic nitrogens is 3. The van der Waals surface area contributed by atoms with E-state index in [2.05, 4.69) is 42.5 Å². The first-order valence-electron chi connectivity index (χ1n) is 4.46. The SMILES string of the molecule is Brc1nnc(NCCc2cccnc2)s1. The zero-order chi connectivity index (χ0) is 10.5. The van der Waals surface area contributed by atoms with Crippen molar-refractivity contribution in [2.75, 3.05) is 11.9 Å². The van der Waals surface area contributed by atoms with Gasteiger partial charge in [-0.3, -0.25) is 4.98 Å². The molecule has 2 rings (SSSR count). The van der Waals surface area contributed by atoms with Gasteiger partial charge in [-0.25, -0.2) is 0 Å². The molecule has 0 saturated carbocycles. The third-order valence-electron chi connectivity index (χ3n) is 1.81. The number of nitrogens with zero attached hydrogens (tertiary/aromatic N) is 3. The Hall–Kier alpha value is -1.01. The fourth-order valence-corrected chi connectivity index (χ4v) is 2.17. The number of rotatable bonds is 4. The molecule has 0 aliphatic heterocycles. The van der Waals surface area contributed by atoms with Gasteiger partial charge in [-0.05, 0) is 34.0 Å². The standard InChI is InChI=1S/C9H9BrN4S/c10-8-13-14-9(15-8)12-5-3-7-2-1-4-11-6-7/h1-2,4,6H,3,5H2,(H,12,14). The van der Waals surface area contributed by atoms with Crippen molar-refractivity contribution in [2.45, 2.75) is 6.42 Å². The van der Waals surface area contributed by atoms with Crippen molar-refractivity contribution >= 4 is 32.4 Å². The summed E-state index contributed by atoms with van der Waals surface area (Å²) in [5, 5.41) is 11.8. The Balaban J connectivity index is 1.80. The molecule has 78 valence electrons. The molecule has 0 spiro atoms. The zero-order valence-corrected chi connectivity index (χ0v) is 10.3. The summed E-state index contributed by atoms with van der Waals surface area (Å²) in [6.07, 6.45) is 4.58. The molecule has 2 aromatic heterocycles. The second-order valence-corrected chi connectivity index (χ2v) is 5.15. The summed E-state index contributed by atoms with van der Waals surface area (Å²) in [4.78, 5) is 4.05. The number of hydrogen-bond donors (Lipinski definition) is 1. The Labute approximate surface area is 99.9 Å². The maximum atomic E-state index is 4.05. The predicted octanol–water partition coefficient (Wildman–Crippen LogP) is 2.35. The molecule has 0 aromatic carbocycles. The number of nitrogens with one attached hydrogen (secondary N) is 1. The minimum Gasteiger partial charge on any atom is -0.360 e. The maximum Gasteiger partial charge on any atom is 0.206 e. The average molecular weight is 285 g/mol. The monoisotopic (exact) mass is 284 g/mol. The lowest BCUT2D eigenvalue weighted by molar-refractivity contribution is 0.982. The number of hydrogen-bond acceptors (Lipinski definition) is 5. The topological polar surface area (TPSA) is 50.7 Å². The van der Waals surface area contributed by atoms with E-state index in [1.165, 1.54) is 16.9 Å². The second-order valence-electron chi connectivity index (χ2n) is 2.90. The van der Waals surface area contributed by atoms with Crippen molar-refractivity contribution in [3.05, 3.63) is 34.0 Å². The minimum atomic E-state index is 0.798. The molecule has 0 unspecified atom stereocenters. The fraction of sp³-hybridized carbons (Fsp3) is 0.222. The van der Waals surface area contributed by atoms with E-state index in [1.54, 1.807) is 6.20 Å². The Bertz CT molecular complexity index is 417. The van der Waals surface area contributed by atoms with Gasteiger partial charge in [-0.2, -0.15) is 0 Å². The third kappa shape index (κ3) is 3.24. The largest absolute Gasteiger partial charge is 0.360 e. The number of anilines is 1. The van der Waals surface area contributed by atoms with Crippen LogP contribution in [-0.4, -0.2) is 21.7 Å². The molecule has 0 fully saturated rings. The maximum absolute atomic E-state index is 4.05. The van der Waals surface area contributed by atoms with Crippen molar-refractivity contribution in [3.63, 3.8) is 0 Å². The van der Waals surface area contributed by atoms with E-state index in [9.17, 15) is 0 Å². The van der Waals surface area contributed by atoms with Gasteiger partial charge in [-0.15, -0.1) is 10.2 Å². The first-order valence-corrected chi connectivity index (χ1v) is 6.07. The quantitative estimate of drug-likeness (QED) is 0.937. The normalized spacial score (nSPS) is 10.2. The highest BCUT2D eigenvalue weighted by Crippen LogP contribution is 2.19. The van der Waals surface area contributed by atoms with Crippen LogP contribution in [0.1, 0.15) is 5.56 Å². The molecule has 0 saturated heterocycles. The van der Waals surface area contributed by atoms with Gasteiger partial charge in [0.15, 0.2) is 3.92 Å². The Kier molecular flexibility index (Phi) is 3.63. The average Bonchev–Trinajstić information content (AvgIpc) is 2.66. The van der Waals surface area contributed by atoms with Crippen molar-refractivity contribution < 1.29 is 0 Å². The summed E-state index contributed by atoms with van der Waals surface area (Å²) in [7, 11) is 0. The molecular weight excluding hydrogens is 276 g/mol. The van der Waals surface area contributed by atoms with Crippen LogP contribution in [0.25, 0.3) is 0 Å². The summed E-state index contributed by atoms with van der Waals surface area (Å²) in [6, 6.07) is 4.00. The smallest absolute Gasteiger partial charge is 0.206 e. The van der Waals surface area contributed by atoms with E-state index in [0.29, 0.717) is 0 Å². The summed E-state index contributed by atoms with van der Waals surface area (Å²) in [5.74, 6) is 0. The summed E-state index contributed by atoms with van der Waals surface area (Å²) < 4.78 is 0.798. The fourth-order valence-electron chi connectivity index (χ4n) is 1.14. The molecule has 4 nitrogen and oxygen atoms in total. The van der Waals surface area contributed by atoms with Crippen molar-refractivity contribution in [1.29, 1.82) is 0 Å². The molecule has 0 amide bonds. The van der Waals surface area contributed by atoms with Crippen molar-refractivity contribution in [1.82, 2.24) is 15.2 Å². The molecule has 0 aliphatic carbocycles. The predicted molar refractivity (Wildman–Crippen MR) is 64.0 cm³/mol. The van der Waals surface area contributed by atoms with E-state index in [0.717, 1.165) is 22.0 Å². The molecule has 0 bridgehead atoms. The van der Waals surface area contributed by atoms with Crippen LogP contribution < -0.4 is 5.32 Å².